The molecule has 1 amide bonds. The van der Waals surface area contributed by atoms with Crippen molar-refractivity contribution < 1.29 is 27.4 Å². The SMILES string of the molecule is COc1cc(C(=O)NCCNS(=O)(=O)c2sc(=O)[nH]c2C)cc2c1OCCO2. The van der Waals surface area contributed by atoms with Crippen LogP contribution in [-0.4, -0.2) is 52.7 Å². The maximum atomic E-state index is 12.4. The highest BCUT2D eigenvalue weighted by molar-refractivity contribution is 7.91. The molecule has 1 aliphatic heterocycles. The van der Waals surface area contributed by atoms with Gasteiger partial charge in [0.05, 0.1) is 7.11 Å². The van der Waals surface area contributed by atoms with E-state index < -0.39 is 20.8 Å². The molecule has 0 atom stereocenters. The van der Waals surface area contributed by atoms with Crippen molar-refractivity contribution in [3.8, 4) is 17.2 Å². The van der Waals surface area contributed by atoms with Crippen molar-refractivity contribution in [2.75, 3.05) is 33.4 Å². The molecule has 10 nitrogen and oxygen atoms in total. The molecule has 12 heteroatoms. The summed E-state index contributed by atoms with van der Waals surface area (Å²) in [6.45, 7) is 2.27. The van der Waals surface area contributed by atoms with Crippen molar-refractivity contribution in [3.63, 3.8) is 0 Å². The van der Waals surface area contributed by atoms with E-state index in [2.05, 4.69) is 15.0 Å². The maximum absolute atomic E-state index is 12.4. The van der Waals surface area contributed by atoms with Crippen LogP contribution in [0.3, 0.4) is 0 Å². The summed E-state index contributed by atoms with van der Waals surface area (Å²) in [5.41, 5.74) is 0.568. The van der Waals surface area contributed by atoms with Gasteiger partial charge in [0.15, 0.2) is 15.7 Å². The first-order chi connectivity index (χ1) is 13.3. The highest BCUT2D eigenvalue weighted by Crippen LogP contribution is 2.40. The van der Waals surface area contributed by atoms with Crippen LogP contribution >= 0.6 is 11.3 Å². The maximum Gasteiger partial charge on any atom is 0.305 e. The number of amides is 1. The molecule has 2 heterocycles. The second-order valence-corrected chi connectivity index (χ2v) is 8.73. The first-order valence-corrected chi connectivity index (χ1v) is 10.6. The second kappa shape index (κ2) is 8.20. The van der Waals surface area contributed by atoms with Crippen LogP contribution in [0.2, 0.25) is 0 Å². The number of hydrogen-bond donors (Lipinski definition) is 3. The minimum absolute atomic E-state index is 0.0404. The molecule has 1 aromatic heterocycles. The van der Waals surface area contributed by atoms with Gasteiger partial charge >= 0.3 is 4.87 Å². The van der Waals surface area contributed by atoms with Gasteiger partial charge in [-0.1, -0.05) is 11.3 Å². The van der Waals surface area contributed by atoms with Gasteiger partial charge in [-0.25, -0.2) is 13.1 Å². The lowest BCUT2D eigenvalue weighted by atomic mass is 10.1. The number of H-pyrrole nitrogens is 1. The molecule has 0 saturated heterocycles. The molecule has 3 N–H and O–H groups in total. The predicted octanol–water partition coefficient (Wildman–Crippen LogP) is 0.233. The van der Waals surface area contributed by atoms with Gasteiger partial charge in [-0.2, -0.15) is 0 Å². The number of aromatic nitrogens is 1. The Bertz CT molecular complexity index is 1030. The van der Waals surface area contributed by atoms with Crippen LogP contribution in [0.1, 0.15) is 16.1 Å². The summed E-state index contributed by atoms with van der Waals surface area (Å²) in [7, 11) is -2.37. The van der Waals surface area contributed by atoms with Gasteiger partial charge in [0, 0.05) is 24.3 Å². The molecule has 2 aromatic rings. The van der Waals surface area contributed by atoms with Crippen molar-refractivity contribution in [2.24, 2.45) is 0 Å². The van der Waals surface area contributed by atoms with Crippen LogP contribution in [0.25, 0.3) is 0 Å². The number of hydrogen-bond acceptors (Lipinski definition) is 8. The van der Waals surface area contributed by atoms with Crippen molar-refractivity contribution >= 4 is 27.3 Å². The molecule has 0 fully saturated rings. The molecule has 0 spiro atoms. The minimum Gasteiger partial charge on any atom is -0.493 e. The van der Waals surface area contributed by atoms with Gasteiger partial charge in [0.2, 0.25) is 5.75 Å². The molecule has 0 aliphatic carbocycles. The fourth-order valence-electron chi connectivity index (χ4n) is 2.58. The Morgan fingerprint density at radius 2 is 2.04 bits per heavy atom. The number of ether oxygens (including phenoxy) is 3. The van der Waals surface area contributed by atoms with Crippen molar-refractivity contribution in [1.29, 1.82) is 0 Å². The summed E-state index contributed by atoms with van der Waals surface area (Å²) < 4.78 is 42.9. The Morgan fingerprint density at radius 3 is 2.71 bits per heavy atom. The zero-order valence-electron chi connectivity index (χ0n) is 15.2. The van der Waals surface area contributed by atoms with E-state index in [9.17, 15) is 18.0 Å². The summed E-state index contributed by atoms with van der Waals surface area (Å²) in [5, 5.41) is 2.62. The number of fused-ring (bicyclic) bond motifs is 1. The molecule has 152 valence electrons. The Labute approximate surface area is 164 Å². The molecule has 1 aromatic carbocycles. The normalized spacial score (nSPS) is 13.2. The fraction of sp³-hybridized carbons (Fsp3) is 0.375. The fourth-order valence-corrected chi connectivity index (χ4v) is 4.96. The molecule has 28 heavy (non-hydrogen) atoms. The number of aromatic amines is 1. The van der Waals surface area contributed by atoms with Crippen molar-refractivity contribution in [3.05, 3.63) is 33.1 Å². The number of sulfonamides is 1. The van der Waals surface area contributed by atoms with Crippen LogP contribution in [0, 0.1) is 6.92 Å². The van der Waals surface area contributed by atoms with Gasteiger partial charge in [-0.15, -0.1) is 0 Å². The van der Waals surface area contributed by atoms with E-state index >= 15 is 0 Å². The van der Waals surface area contributed by atoms with E-state index in [0.717, 1.165) is 0 Å². The zero-order chi connectivity index (χ0) is 20.3. The second-order valence-electron chi connectivity index (χ2n) is 5.78. The third kappa shape index (κ3) is 4.29. The van der Waals surface area contributed by atoms with Gasteiger partial charge in [0.25, 0.3) is 15.9 Å². The summed E-state index contributed by atoms with van der Waals surface area (Å²) in [4.78, 5) is 25.6. The Kier molecular flexibility index (Phi) is 5.91. The Hall–Kier alpha value is -2.57. The van der Waals surface area contributed by atoms with Gasteiger partial charge in [-0.3, -0.25) is 9.59 Å². The monoisotopic (exact) mass is 429 g/mol. The molecular formula is C16H19N3O7S2. The molecule has 0 saturated carbocycles. The largest absolute Gasteiger partial charge is 0.493 e. The van der Waals surface area contributed by atoms with Crippen LogP contribution in [-0.2, 0) is 10.0 Å². The lowest BCUT2D eigenvalue weighted by molar-refractivity contribution is 0.0952. The lowest BCUT2D eigenvalue weighted by Crippen LogP contribution is -2.34. The number of aryl methyl sites for hydroxylation is 1. The predicted molar refractivity (Wildman–Crippen MR) is 101 cm³/mol. The van der Waals surface area contributed by atoms with E-state index in [1.807, 2.05) is 0 Å². The quantitative estimate of drug-likeness (QED) is 0.536. The highest BCUT2D eigenvalue weighted by Gasteiger charge is 2.22. The molecule has 0 bridgehead atoms. The number of benzene rings is 1. The number of rotatable bonds is 7. The minimum atomic E-state index is -3.83. The standard InChI is InChI=1S/C16H19N3O7S2/c1-9-15(27-16(21)19-9)28(22,23)18-4-3-17-14(20)10-7-11(24-2)13-12(8-10)25-5-6-26-13/h7-8,18H,3-6H2,1-2H3,(H,17,20)(H,19,21). The van der Waals surface area contributed by atoms with Crippen LogP contribution < -0.4 is 29.1 Å². The zero-order valence-corrected chi connectivity index (χ0v) is 16.8. The van der Waals surface area contributed by atoms with Crippen LogP contribution in [0.4, 0.5) is 0 Å². The lowest BCUT2D eigenvalue weighted by Gasteiger charge is -2.21. The summed E-state index contributed by atoms with van der Waals surface area (Å²) in [6.07, 6.45) is 0. The van der Waals surface area contributed by atoms with Crippen molar-refractivity contribution in [2.45, 2.75) is 11.1 Å². The number of nitrogens with one attached hydrogen (secondary N) is 3. The topological polar surface area (TPSA) is 136 Å². The van der Waals surface area contributed by atoms with E-state index in [4.69, 9.17) is 14.2 Å². The third-order valence-corrected chi connectivity index (χ3v) is 6.88. The average molecular weight is 429 g/mol. The number of carbonyl (C=O) groups excluding carboxylic acids is 1. The van der Waals surface area contributed by atoms with E-state index in [0.29, 0.717) is 47.4 Å². The molecule has 3 rings (SSSR count). The van der Waals surface area contributed by atoms with E-state index in [1.165, 1.54) is 26.2 Å². The van der Waals surface area contributed by atoms with E-state index in [-0.39, 0.29) is 23.0 Å². The Balaban J connectivity index is 1.60. The van der Waals surface area contributed by atoms with Crippen molar-refractivity contribution in [1.82, 2.24) is 15.0 Å². The van der Waals surface area contributed by atoms with Crippen LogP contribution in [0.15, 0.2) is 21.1 Å². The number of methoxy groups -OCH3 is 1. The van der Waals surface area contributed by atoms with Gasteiger partial charge in [-0.05, 0) is 19.1 Å². The molecule has 1 aliphatic rings. The molecule has 0 unspecified atom stereocenters. The smallest absolute Gasteiger partial charge is 0.305 e. The van der Waals surface area contributed by atoms with Gasteiger partial charge in [0.1, 0.15) is 13.2 Å². The first kappa shape index (κ1) is 20.2. The highest BCUT2D eigenvalue weighted by atomic mass is 32.2. The number of thiazole rings is 1. The average Bonchev–Trinajstić information content (AvgIpc) is 3.03. The summed E-state index contributed by atoms with van der Waals surface area (Å²) in [5.74, 6) is 0.811. The summed E-state index contributed by atoms with van der Waals surface area (Å²) >= 11 is 0.611. The first-order valence-electron chi connectivity index (χ1n) is 8.27. The molecular weight excluding hydrogens is 410 g/mol. The number of carbonyl (C=O) groups is 1. The summed E-state index contributed by atoms with van der Waals surface area (Å²) in [6, 6.07) is 3.06. The Morgan fingerprint density at radius 1 is 1.29 bits per heavy atom. The van der Waals surface area contributed by atoms with Gasteiger partial charge < -0.3 is 24.5 Å². The van der Waals surface area contributed by atoms with E-state index in [1.54, 1.807) is 0 Å². The van der Waals surface area contributed by atoms with Crippen LogP contribution in [0.5, 0.6) is 17.2 Å². The molecule has 0 radical (unpaired) electrons. The third-order valence-electron chi connectivity index (χ3n) is 3.82.